The molecule has 0 aliphatic heterocycles. The van der Waals surface area contributed by atoms with E-state index in [4.69, 9.17) is 23.8 Å². The lowest BCUT2D eigenvalue weighted by molar-refractivity contribution is 0.448. The molecular weight excluding hydrogens is 240 g/mol. The first-order chi connectivity index (χ1) is 7.43. The number of anilines is 1. The monoisotopic (exact) mass is 256 g/mol. The molecule has 1 rings (SSSR count). The molecule has 0 saturated carbocycles. The molecule has 2 N–H and O–H groups in total. The molecule has 16 heavy (non-hydrogen) atoms. The van der Waals surface area contributed by atoms with Crippen molar-refractivity contribution in [2.75, 3.05) is 5.32 Å². The van der Waals surface area contributed by atoms with Crippen LogP contribution in [0.3, 0.4) is 0 Å². The number of rotatable bonds is 3. The van der Waals surface area contributed by atoms with Crippen LogP contribution in [0.5, 0.6) is 0 Å². The van der Waals surface area contributed by atoms with Gasteiger partial charge in [-0.2, -0.15) is 0 Å². The Morgan fingerprint density at radius 3 is 2.38 bits per heavy atom. The van der Waals surface area contributed by atoms with Crippen LogP contribution in [0, 0.1) is 0 Å². The van der Waals surface area contributed by atoms with Crippen LogP contribution in [0.2, 0.25) is 5.02 Å². The summed E-state index contributed by atoms with van der Waals surface area (Å²) in [7, 11) is 0. The average molecular weight is 257 g/mol. The van der Waals surface area contributed by atoms with Gasteiger partial charge >= 0.3 is 0 Å². The minimum atomic E-state index is 0.0104. The minimum Gasteiger partial charge on any atom is -0.358 e. The smallest absolute Gasteiger partial charge is 0.171 e. The topological polar surface area (TPSA) is 24.1 Å². The van der Waals surface area contributed by atoms with E-state index in [2.05, 4.69) is 31.4 Å². The summed E-state index contributed by atoms with van der Waals surface area (Å²) < 4.78 is 0. The van der Waals surface area contributed by atoms with Crippen molar-refractivity contribution in [1.82, 2.24) is 5.32 Å². The molecule has 0 aliphatic rings. The Labute approximate surface area is 107 Å². The van der Waals surface area contributed by atoms with Crippen LogP contribution in [0.1, 0.15) is 27.2 Å². The molecule has 0 aliphatic carbocycles. The van der Waals surface area contributed by atoms with Crippen LogP contribution in [0.15, 0.2) is 24.3 Å². The van der Waals surface area contributed by atoms with Gasteiger partial charge in [-0.3, -0.25) is 0 Å². The van der Waals surface area contributed by atoms with Gasteiger partial charge in [0.05, 0.1) is 0 Å². The first kappa shape index (κ1) is 13.3. The molecule has 4 heteroatoms. The molecule has 0 saturated heterocycles. The number of thiocarbonyl (C=S) groups is 1. The Balaban J connectivity index is 2.55. The zero-order valence-electron chi connectivity index (χ0n) is 9.80. The number of hydrogen-bond acceptors (Lipinski definition) is 1. The van der Waals surface area contributed by atoms with Gasteiger partial charge in [0.1, 0.15) is 0 Å². The normalized spacial score (nSPS) is 11.0. The lowest BCUT2D eigenvalue weighted by Crippen LogP contribution is -2.44. The highest BCUT2D eigenvalue weighted by atomic mass is 35.5. The molecule has 0 aromatic heterocycles. The van der Waals surface area contributed by atoms with Crippen molar-refractivity contribution in [3.05, 3.63) is 29.3 Å². The molecule has 0 heterocycles. The standard InChI is InChI=1S/C12H17ClN2S/c1-4-12(2,3)15-11(16)14-10-7-5-9(13)6-8-10/h5-8H,4H2,1-3H3,(H2,14,15,16). The van der Waals surface area contributed by atoms with Crippen LogP contribution >= 0.6 is 23.8 Å². The van der Waals surface area contributed by atoms with Gasteiger partial charge in [0.2, 0.25) is 0 Å². The summed E-state index contributed by atoms with van der Waals surface area (Å²) in [6.45, 7) is 6.35. The minimum absolute atomic E-state index is 0.0104. The van der Waals surface area contributed by atoms with Gasteiger partial charge in [-0.1, -0.05) is 18.5 Å². The number of nitrogens with one attached hydrogen (secondary N) is 2. The maximum Gasteiger partial charge on any atom is 0.171 e. The van der Waals surface area contributed by atoms with E-state index < -0.39 is 0 Å². The molecule has 0 amide bonds. The summed E-state index contributed by atoms with van der Waals surface area (Å²) in [4.78, 5) is 0. The highest BCUT2D eigenvalue weighted by molar-refractivity contribution is 7.80. The average Bonchev–Trinajstić information content (AvgIpc) is 2.21. The summed E-state index contributed by atoms with van der Waals surface area (Å²) >= 11 is 11.0. The van der Waals surface area contributed by atoms with E-state index in [1.165, 1.54) is 0 Å². The van der Waals surface area contributed by atoms with E-state index in [9.17, 15) is 0 Å². The van der Waals surface area contributed by atoms with Crippen molar-refractivity contribution in [3.63, 3.8) is 0 Å². The molecule has 2 nitrogen and oxygen atoms in total. The van der Waals surface area contributed by atoms with Crippen molar-refractivity contribution >= 4 is 34.6 Å². The Bertz CT molecular complexity index is 360. The Hall–Kier alpha value is -0.800. The summed E-state index contributed by atoms with van der Waals surface area (Å²) in [5, 5.41) is 7.73. The molecule has 0 spiro atoms. The van der Waals surface area contributed by atoms with Crippen LogP contribution < -0.4 is 10.6 Å². The van der Waals surface area contributed by atoms with Crippen molar-refractivity contribution in [1.29, 1.82) is 0 Å². The third-order valence-electron chi connectivity index (χ3n) is 2.44. The fourth-order valence-electron chi connectivity index (χ4n) is 1.09. The largest absolute Gasteiger partial charge is 0.358 e. The lowest BCUT2D eigenvalue weighted by atomic mass is 10.0. The Kier molecular flexibility index (Phi) is 4.56. The van der Waals surface area contributed by atoms with E-state index >= 15 is 0 Å². The third kappa shape index (κ3) is 4.37. The highest BCUT2D eigenvalue weighted by Gasteiger charge is 2.15. The summed E-state index contributed by atoms with van der Waals surface area (Å²) in [6, 6.07) is 7.46. The first-order valence-electron chi connectivity index (χ1n) is 5.28. The van der Waals surface area contributed by atoms with Crippen molar-refractivity contribution < 1.29 is 0 Å². The van der Waals surface area contributed by atoms with Crippen molar-refractivity contribution in [3.8, 4) is 0 Å². The molecular formula is C12H17ClN2S. The molecule has 1 aromatic carbocycles. The second-order valence-electron chi connectivity index (χ2n) is 4.32. The highest BCUT2D eigenvalue weighted by Crippen LogP contribution is 2.14. The summed E-state index contributed by atoms with van der Waals surface area (Å²) in [5.41, 5.74) is 0.949. The van der Waals surface area contributed by atoms with Crippen LogP contribution in [0.25, 0.3) is 0 Å². The maximum atomic E-state index is 5.80. The SMILES string of the molecule is CCC(C)(C)NC(=S)Nc1ccc(Cl)cc1. The number of halogens is 1. The molecule has 0 atom stereocenters. The van der Waals surface area contributed by atoms with E-state index in [0.717, 1.165) is 17.1 Å². The predicted octanol–water partition coefficient (Wildman–Crippen LogP) is 3.82. The van der Waals surface area contributed by atoms with Gasteiger partial charge in [-0.25, -0.2) is 0 Å². The quantitative estimate of drug-likeness (QED) is 0.804. The van der Waals surface area contributed by atoms with Crippen molar-refractivity contribution in [2.45, 2.75) is 32.7 Å². The van der Waals surface area contributed by atoms with E-state index in [1.807, 2.05) is 24.3 Å². The van der Waals surface area contributed by atoms with Crippen LogP contribution in [-0.4, -0.2) is 10.7 Å². The maximum absolute atomic E-state index is 5.80. The summed E-state index contributed by atoms with van der Waals surface area (Å²) in [6.07, 6.45) is 1.01. The van der Waals surface area contributed by atoms with Crippen LogP contribution in [-0.2, 0) is 0 Å². The fourth-order valence-corrected chi connectivity index (χ4v) is 1.61. The molecule has 0 radical (unpaired) electrons. The van der Waals surface area contributed by atoms with Gasteiger partial charge < -0.3 is 10.6 Å². The van der Waals surface area contributed by atoms with E-state index in [1.54, 1.807) is 0 Å². The zero-order valence-corrected chi connectivity index (χ0v) is 11.4. The molecule has 0 unspecified atom stereocenters. The second kappa shape index (κ2) is 5.51. The Morgan fingerprint density at radius 2 is 1.88 bits per heavy atom. The zero-order chi connectivity index (χ0) is 12.2. The number of hydrogen-bond donors (Lipinski definition) is 2. The molecule has 88 valence electrons. The van der Waals surface area contributed by atoms with E-state index in [-0.39, 0.29) is 5.54 Å². The van der Waals surface area contributed by atoms with Gasteiger partial charge in [-0.15, -0.1) is 0 Å². The number of benzene rings is 1. The Morgan fingerprint density at radius 1 is 1.31 bits per heavy atom. The van der Waals surface area contributed by atoms with Gasteiger partial charge in [0.25, 0.3) is 0 Å². The molecule has 0 fully saturated rings. The van der Waals surface area contributed by atoms with Crippen LogP contribution in [0.4, 0.5) is 5.69 Å². The lowest BCUT2D eigenvalue weighted by Gasteiger charge is -2.26. The summed E-state index contributed by atoms with van der Waals surface area (Å²) in [5.74, 6) is 0. The molecule has 1 aromatic rings. The predicted molar refractivity (Wildman–Crippen MR) is 75.2 cm³/mol. The van der Waals surface area contributed by atoms with Gasteiger partial charge in [-0.05, 0) is 56.8 Å². The third-order valence-corrected chi connectivity index (χ3v) is 2.89. The second-order valence-corrected chi connectivity index (χ2v) is 5.17. The molecule has 0 bridgehead atoms. The first-order valence-corrected chi connectivity index (χ1v) is 6.06. The van der Waals surface area contributed by atoms with E-state index in [0.29, 0.717) is 5.11 Å². The van der Waals surface area contributed by atoms with Gasteiger partial charge in [0.15, 0.2) is 5.11 Å². The van der Waals surface area contributed by atoms with Crippen molar-refractivity contribution in [2.24, 2.45) is 0 Å². The fraction of sp³-hybridized carbons (Fsp3) is 0.417. The van der Waals surface area contributed by atoms with Gasteiger partial charge in [0, 0.05) is 16.2 Å².